The monoisotopic (exact) mass is 618 g/mol. The van der Waals surface area contributed by atoms with Crippen LogP contribution in [0.3, 0.4) is 0 Å². The third kappa shape index (κ3) is 7.07. The van der Waals surface area contributed by atoms with Crippen molar-refractivity contribution in [3.63, 3.8) is 0 Å². The predicted molar refractivity (Wildman–Crippen MR) is 160 cm³/mol. The summed E-state index contributed by atoms with van der Waals surface area (Å²) in [6.07, 6.45) is 0. The molecule has 4 N–H and O–H groups in total. The van der Waals surface area contributed by atoms with Crippen LogP contribution in [0.5, 0.6) is 0 Å². The zero-order chi connectivity index (χ0) is 30.5. The highest BCUT2D eigenvalue weighted by Gasteiger charge is 2.15. The molecule has 0 aliphatic rings. The molecule has 0 fully saturated rings. The summed E-state index contributed by atoms with van der Waals surface area (Å²) in [5, 5.41) is 49.5. The quantitative estimate of drug-likeness (QED) is 0.115. The molecule has 2 aromatic heterocycles. The van der Waals surface area contributed by atoms with Gasteiger partial charge in [-0.3, -0.25) is 30.9 Å². The van der Waals surface area contributed by atoms with Crippen LogP contribution >= 0.6 is 22.7 Å². The number of nitro benzene ring substituents is 2. The second kappa shape index (κ2) is 12.3. The number of nitrogens with one attached hydrogen (secondary N) is 4. The van der Waals surface area contributed by atoms with E-state index in [4.69, 9.17) is 0 Å². The number of benzene rings is 3. The van der Waals surface area contributed by atoms with Crippen molar-refractivity contribution in [1.29, 1.82) is 0 Å². The van der Waals surface area contributed by atoms with Crippen LogP contribution in [0.4, 0.5) is 42.6 Å². The van der Waals surface area contributed by atoms with E-state index in [1.165, 1.54) is 36.4 Å². The van der Waals surface area contributed by atoms with Gasteiger partial charge >= 0.3 is 12.1 Å². The van der Waals surface area contributed by atoms with E-state index >= 15 is 0 Å². The molecule has 18 heteroatoms. The van der Waals surface area contributed by atoms with Gasteiger partial charge in [0.2, 0.25) is 10.3 Å². The summed E-state index contributed by atoms with van der Waals surface area (Å²) in [6, 6.07) is 15.5. The van der Waals surface area contributed by atoms with E-state index in [9.17, 15) is 29.8 Å². The number of amides is 4. The van der Waals surface area contributed by atoms with Gasteiger partial charge in [0.1, 0.15) is 10.0 Å². The zero-order valence-electron chi connectivity index (χ0n) is 21.8. The molecular formula is C25H18N10O6S2. The fourth-order valence-electron chi connectivity index (χ4n) is 3.63. The van der Waals surface area contributed by atoms with Crippen LogP contribution in [0.15, 0.2) is 66.7 Å². The molecule has 0 spiro atoms. The Morgan fingerprint density at radius 3 is 1.70 bits per heavy atom. The predicted octanol–water partition coefficient (Wildman–Crippen LogP) is 6.14. The molecule has 5 rings (SSSR count). The summed E-state index contributed by atoms with van der Waals surface area (Å²) in [7, 11) is 0. The first-order valence-electron chi connectivity index (χ1n) is 12.1. The molecule has 43 heavy (non-hydrogen) atoms. The molecule has 0 bridgehead atoms. The fraction of sp³-hybridized carbons (Fsp3) is 0.0400. The van der Waals surface area contributed by atoms with Crippen LogP contribution in [0, 0.1) is 27.2 Å². The number of rotatable bonds is 8. The van der Waals surface area contributed by atoms with Crippen LogP contribution in [-0.4, -0.2) is 42.3 Å². The van der Waals surface area contributed by atoms with E-state index in [0.29, 0.717) is 38.1 Å². The van der Waals surface area contributed by atoms with E-state index in [2.05, 4.69) is 41.7 Å². The highest BCUT2D eigenvalue weighted by Crippen LogP contribution is 2.30. The molecule has 216 valence electrons. The van der Waals surface area contributed by atoms with E-state index in [1.807, 2.05) is 0 Å². The second-order valence-corrected chi connectivity index (χ2v) is 10.6. The normalized spacial score (nSPS) is 10.5. The van der Waals surface area contributed by atoms with Crippen molar-refractivity contribution in [2.75, 3.05) is 21.3 Å². The van der Waals surface area contributed by atoms with Gasteiger partial charge in [0.15, 0.2) is 0 Å². The Bertz CT molecular complexity index is 1870. The van der Waals surface area contributed by atoms with E-state index < -0.39 is 21.9 Å². The van der Waals surface area contributed by atoms with Crippen molar-refractivity contribution in [2.24, 2.45) is 0 Å². The molecule has 0 atom stereocenters. The SMILES string of the molecule is Cc1ccc(NC(=O)Nc2nnc(-c3cccc([N+](=O)[O-])c3)s2)cc1NC(=O)Nc1nnc(-c2cccc([N+](=O)[O-])c2)s1. The number of carbonyl (C=O) groups is 2. The maximum atomic E-state index is 12.7. The van der Waals surface area contributed by atoms with Crippen molar-refractivity contribution >= 4 is 67.7 Å². The summed E-state index contributed by atoms with van der Waals surface area (Å²) in [5.41, 5.74) is 2.27. The molecule has 5 aromatic rings. The van der Waals surface area contributed by atoms with Gasteiger partial charge in [-0.1, -0.05) is 53.0 Å². The van der Waals surface area contributed by atoms with E-state index in [-0.39, 0.29) is 21.6 Å². The van der Waals surface area contributed by atoms with Crippen LogP contribution < -0.4 is 21.3 Å². The minimum Gasteiger partial charge on any atom is -0.308 e. The first-order valence-corrected chi connectivity index (χ1v) is 13.7. The van der Waals surface area contributed by atoms with Crippen molar-refractivity contribution in [3.05, 3.63) is 92.5 Å². The van der Waals surface area contributed by atoms with Crippen LogP contribution in [0.1, 0.15) is 5.56 Å². The minimum absolute atomic E-state index is 0.0915. The highest BCUT2D eigenvalue weighted by molar-refractivity contribution is 7.19. The number of carbonyl (C=O) groups excluding carboxylic acids is 2. The molecule has 0 unspecified atom stereocenters. The van der Waals surface area contributed by atoms with Gasteiger partial charge in [0.25, 0.3) is 11.4 Å². The number of urea groups is 2. The minimum atomic E-state index is -0.622. The van der Waals surface area contributed by atoms with Gasteiger partial charge in [-0.15, -0.1) is 20.4 Å². The Labute approximate surface area is 249 Å². The number of hydrogen-bond donors (Lipinski definition) is 4. The van der Waals surface area contributed by atoms with Gasteiger partial charge < -0.3 is 10.6 Å². The van der Waals surface area contributed by atoms with Crippen LogP contribution in [0.2, 0.25) is 0 Å². The Balaban J connectivity index is 1.19. The maximum absolute atomic E-state index is 12.7. The Hall–Kier alpha value is -5.88. The van der Waals surface area contributed by atoms with E-state index in [0.717, 1.165) is 22.7 Å². The van der Waals surface area contributed by atoms with Gasteiger partial charge in [0.05, 0.1) is 9.85 Å². The lowest BCUT2D eigenvalue weighted by atomic mass is 10.2. The molecular weight excluding hydrogens is 600 g/mol. The average Bonchev–Trinajstić information content (AvgIpc) is 3.65. The molecule has 0 aliphatic carbocycles. The third-order valence-electron chi connectivity index (χ3n) is 5.64. The molecule has 3 aromatic carbocycles. The van der Waals surface area contributed by atoms with Crippen molar-refractivity contribution in [2.45, 2.75) is 6.92 Å². The van der Waals surface area contributed by atoms with Gasteiger partial charge in [-0.05, 0) is 24.6 Å². The van der Waals surface area contributed by atoms with Gasteiger partial charge in [-0.25, -0.2) is 9.59 Å². The first-order chi connectivity index (χ1) is 20.6. The largest absolute Gasteiger partial charge is 0.325 e. The molecule has 0 saturated carbocycles. The average molecular weight is 619 g/mol. The molecule has 16 nitrogen and oxygen atoms in total. The van der Waals surface area contributed by atoms with Gasteiger partial charge in [0, 0.05) is 46.8 Å². The fourth-order valence-corrected chi connectivity index (χ4v) is 5.10. The molecule has 0 aliphatic heterocycles. The number of non-ortho nitro benzene ring substituents is 2. The highest BCUT2D eigenvalue weighted by atomic mass is 32.1. The lowest BCUT2D eigenvalue weighted by Gasteiger charge is -2.11. The Morgan fingerprint density at radius 2 is 1.19 bits per heavy atom. The first kappa shape index (κ1) is 28.6. The number of nitrogens with zero attached hydrogens (tertiary/aromatic N) is 6. The van der Waals surface area contributed by atoms with Crippen LogP contribution in [0.25, 0.3) is 21.1 Å². The summed E-state index contributed by atoms with van der Waals surface area (Å²) in [4.78, 5) is 46.3. The van der Waals surface area contributed by atoms with E-state index in [1.54, 1.807) is 37.3 Å². The third-order valence-corrected chi connectivity index (χ3v) is 7.42. The van der Waals surface area contributed by atoms with Crippen molar-refractivity contribution in [1.82, 2.24) is 20.4 Å². The summed E-state index contributed by atoms with van der Waals surface area (Å²) in [6.45, 7) is 1.77. The zero-order valence-corrected chi connectivity index (χ0v) is 23.4. The molecule has 4 amide bonds. The maximum Gasteiger partial charge on any atom is 0.325 e. The van der Waals surface area contributed by atoms with Crippen molar-refractivity contribution < 1.29 is 19.4 Å². The lowest BCUT2D eigenvalue weighted by Crippen LogP contribution is -2.21. The lowest BCUT2D eigenvalue weighted by molar-refractivity contribution is -0.385. The van der Waals surface area contributed by atoms with Gasteiger partial charge in [-0.2, -0.15) is 0 Å². The Kier molecular flexibility index (Phi) is 8.21. The summed E-state index contributed by atoms with van der Waals surface area (Å²) < 4.78 is 0. The number of aryl methyl sites for hydroxylation is 1. The molecule has 2 heterocycles. The second-order valence-electron chi connectivity index (χ2n) is 8.63. The molecule has 0 saturated heterocycles. The summed E-state index contributed by atoms with van der Waals surface area (Å²) in [5.74, 6) is 0. The summed E-state index contributed by atoms with van der Waals surface area (Å²) >= 11 is 2.08. The number of aromatic nitrogens is 4. The smallest absolute Gasteiger partial charge is 0.308 e. The standard InChI is InChI=1S/C25H18N10O6S2/c1-13-8-9-16(26-22(36)28-24-32-30-20(42-24)14-4-2-6-17(10-14)34(38)39)12-19(13)27-23(37)29-25-33-31-21(43-25)15-5-3-7-18(11-15)35(40)41/h2-12H,1H3,(H2,26,28,32,36)(H2,27,29,33,37). The molecule has 0 radical (unpaired) electrons. The van der Waals surface area contributed by atoms with Crippen molar-refractivity contribution in [3.8, 4) is 21.1 Å². The van der Waals surface area contributed by atoms with Crippen LogP contribution in [-0.2, 0) is 0 Å². The number of hydrogen-bond acceptors (Lipinski definition) is 12. The number of anilines is 4. The Morgan fingerprint density at radius 1 is 0.674 bits per heavy atom. The number of nitro groups is 2. The topological polar surface area (TPSA) is 220 Å².